The lowest BCUT2D eigenvalue weighted by atomic mass is 10.1. The molecule has 3 heteroatoms. The second kappa shape index (κ2) is 7.65. The number of nitrogens with one attached hydrogen (secondary N) is 1. The van der Waals surface area contributed by atoms with Gasteiger partial charge in [0.25, 0.3) is 0 Å². The fourth-order valence-corrected chi connectivity index (χ4v) is 2.38. The number of hydrogen-bond donors (Lipinski definition) is 2. The molecule has 2 N–H and O–H groups in total. The summed E-state index contributed by atoms with van der Waals surface area (Å²) in [6.07, 6.45) is 3.34. The van der Waals surface area contributed by atoms with Crippen LogP contribution in [0.15, 0.2) is 24.3 Å². The van der Waals surface area contributed by atoms with E-state index in [0.29, 0.717) is 13.2 Å². The van der Waals surface area contributed by atoms with Crippen molar-refractivity contribution in [2.24, 2.45) is 11.8 Å². The van der Waals surface area contributed by atoms with Crippen LogP contribution in [0, 0.1) is 11.8 Å². The number of ether oxygens (including phenoxy) is 1. The first-order valence-electron chi connectivity index (χ1n) is 7.79. The zero-order chi connectivity index (χ0) is 14.4. The molecule has 0 aliphatic heterocycles. The Hall–Kier alpha value is -1.06. The minimum absolute atomic E-state index is 0.344. The number of hydrogen-bond acceptors (Lipinski definition) is 3. The maximum atomic E-state index is 9.89. The summed E-state index contributed by atoms with van der Waals surface area (Å²) in [5, 5.41) is 13.2. The molecule has 0 bridgehead atoms. The van der Waals surface area contributed by atoms with Gasteiger partial charge in [-0.2, -0.15) is 0 Å². The molecule has 0 spiro atoms. The summed E-state index contributed by atoms with van der Waals surface area (Å²) >= 11 is 0. The predicted octanol–water partition coefficient (Wildman–Crippen LogP) is 2.62. The Labute approximate surface area is 122 Å². The summed E-state index contributed by atoms with van der Waals surface area (Å²) < 4.78 is 5.59. The highest BCUT2D eigenvalue weighted by Crippen LogP contribution is 2.35. The molecule has 2 atom stereocenters. The molecule has 3 nitrogen and oxygen atoms in total. The van der Waals surface area contributed by atoms with Gasteiger partial charge in [0.05, 0.1) is 0 Å². The maximum Gasteiger partial charge on any atom is 0.119 e. The van der Waals surface area contributed by atoms with Crippen molar-refractivity contribution >= 4 is 0 Å². The molecular weight excluding hydrogens is 250 g/mol. The van der Waals surface area contributed by atoms with Crippen LogP contribution >= 0.6 is 0 Å². The van der Waals surface area contributed by atoms with Crippen LogP contribution < -0.4 is 10.1 Å². The quantitative estimate of drug-likeness (QED) is 0.729. The standard InChI is InChI=1S/C17H27NO2/c1-3-14-4-8-17(9-5-14)20-12-16(19)11-18-10-13(2)15-6-7-15/h4-5,8-9,13,15-16,18-19H,3,6-7,10-12H2,1-2H3. The van der Waals surface area contributed by atoms with E-state index in [2.05, 4.69) is 31.3 Å². The summed E-state index contributed by atoms with van der Waals surface area (Å²) in [4.78, 5) is 0. The van der Waals surface area contributed by atoms with Crippen LogP contribution in [0.5, 0.6) is 5.75 Å². The number of rotatable bonds is 9. The van der Waals surface area contributed by atoms with Gasteiger partial charge in [0, 0.05) is 6.54 Å². The average molecular weight is 277 g/mol. The first-order chi connectivity index (χ1) is 9.69. The fourth-order valence-electron chi connectivity index (χ4n) is 2.38. The monoisotopic (exact) mass is 277 g/mol. The van der Waals surface area contributed by atoms with Gasteiger partial charge in [0.15, 0.2) is 0 Å². The Morgan fingerprint density at radius 2 is 1.95 bits per heavy atom. The predicted molar refractivity (Wildman–Crippen MR) is 82.1 cm³/mol. The van der Waals surface area contributed by atoms with E-state index in [4.69, 9.17) is 4.74 Å². The minimum atomic E-state index is -0.452. The molecule has 0 saturated heterocycles. The van der Waals surface area contributed by atoms with Crippen molar-refractivity contribution in [2.75, 3.05) is 19.7 Å². The molecule has 112 valence electrons. The van der Waals surface area contributed by atoms with Gasteiger partial charge in [-0.3, -0.25) is 0 Å². The Morgan fingerprint density at radius 3 is 2.55 bits per heavy atom. The molecule has 0 radical (unpaired) electrons. The van der Waals surface area contributed by atoms with Crippen LogP contribution in [-0.4, -0.2) is 30.9 Å². The van der Waals surface area contributed by atoms with Crippen molar-refractivity contribution in [1.29, 1.82) is 0 Å². The van der Waals surface area contributed by atoms with E-state index in [0.717, 1.165) is 30.6 Å². The van der Waals surface area contributed by atoms with E-state index in [1.165, 1.54) is 18.4 Å². The largest absolute Gasteiger partial charge is 0.491 e. The Bertz CT molecular complexity index is 386. The van der Waals surface area contributed by atoms with Crippen LogP contribution in [0.25, 0.3) is 0 Å². The van der Waals surface area contributed by atoms with Crippen molar-refractivity contribution in [3.05, 3.63) is 29.8 Å². The highest BCUT2D eigenvalue weighted by atomic mass is 16.5. The first kappa shape index (κ1) is 15.3. The molecule has 2 unspecified atom stereocenters. The topological polar surface area (TPSA) is 41.5 Å². The second-order valence-corrected chi connectivity index (χ2v) is 5.94. The van der Waals surface area contributed by atoms with Gasteiger partial charge < -0.3 is 15.2 Å². The van der Waals surface area contributed by atoms with Gasteiger partial charge in [0.1, 0.15) is 18.5 Å². The van der Waals surface area contributed by atoms with E-state index in [1.54, 1.807) is 0 Å². The molecule has 1 aromatic rings. The molecule has 1 aliphatic rings. The molecular formula is C17H27NO2. The van der Waals surface area contributed by atoms with E-state index < -0.39 is 6.10 Å². The average Bonchev–Trinajstić information content (AvgIpc) is 3.30. The number of aliphatic hydroxyl groups is 1. The summed E-state index contributed by atoms with van der Waals surface area (Å²) in [5.41, 5.74) is 1.30. The maximum absolute atomic E-state index is 9.89. The highest BCUT2D eigenvalue weighted by Gasteiger charge is 2.27. The van der Waals surface area contributed by atoms with Crippen molar-refractivity contribution in [2.45, 2.75) is 39.2 Å². The Morgan fingerprint density at radius 1 is 1.25 bits per heavy atom. The van der Waals surface area contributed by atoms with Crippen molar-refractivity contribution in [1.82, 2.24) is 5.32 Å². The molecule has 1 saturated carbocycles. The molecule has 2 rings (SSSR count). The Balaban J connectivity index is 1.59. The van der Waals surface area contributed by atoms with Gasteiger partial charge in [-0.05, 0) is 55.3 Å². The Kier molecular flexibility index (Phi) is 5.86. The summed E-state index contributed by atoms with van der Waals surface area (Å²) in [6.45, 7) is 6.35. The minimum Gasteiger partial charge on any atom is -0.491 e. The summed E-state index contributed by atoms with van der Waals surface area (Å²) in [7, 11) is 0. The summed E-state index contributed by atoms with van der Waals surface area (Å²) in [5.74, 6) is 2.46. The van der Waals surface area contributed by atoms with Gasteiger partial charge in [-0.1, -0.05) is 26.0 Å². The normalized spacial score (nSPS) is 17.8. The van der Waals surface area contributed by atoms with Crippen LogP contribution in [0.2, 0.25) is 0 Å². The SMILES string of the molecule is CCc1ccc(OCC(O)CNCC(C)C2CC2)cc1. The van der Waals surface area contributed by atoms with Gasteiger partial charge in [0.2, 0.25) is 0 Å². The molecule has 1 fully saturated rings. The van der Waals surface area contributed by atoms with Crippen LogP contribution in [-0.2, 0) is 6.42 Å². The van der Waals surface area contributed by atoms with Crippen molar-refractivity contribution in [3.8, 4) is 5.75 Å². The lowest BCUT2D eigenvalue weighted by Gasteiger charge is -2.15. The highest BCUT2D eigenvalue weighted by molar-refractivity contribution is 5.27. The van der Waals surface area contributed by atoms with Crippen LogP contribution in [0.1, 0.15) is 32.3 Å². The van der Waals surface area contributed by atoms with Gasteiger partial charge in [-0.15, -0.1) is 0 Å². The number of benzene rings is 1. The van der Waals surface area contributed by atoms with Crippen LogP contribution in [0.3, 0.4) is 0 Å². The zero-order valence-electron chi connectivity index (χ0n) is 12.6. The van der Waals surface area contributed by atoms with Crippen molar-refractivity contribution in [3.63, 3.8) is 0 Å². The third-order valence-electron chi connectivity index (χ3n) is 4.05. The number of aryl methyl sites for hydroxylation is 1. The van der Waals surface area contributed by atoms with Crippen molar-refractivity contribution < 1.29 is 9.84 Å². The third kappa shape index (κ3) is 5.14. The molecule has 0 amide bonds. The molecule has 1 aromatic carbocycles. The van der Waals surface area contributed by atoms with Gasteiger partial charge in [-0.25, -0.2) is 0 Å². The first-order valence-corrected chi connectivity index (χ1v) is 7.79. The molecule has 0 heterocycles. The second-order valence-electron chi connectivity index (χ2n) is 5.94. The molecule has 1 aliphatic carbocycles. The smallest absolute Gasteiger partial charge is 0.119 e. The van der Waals surface area contributed by atoms with E-state index in [-0.39, 0.29) is 0 Å². The molecule has 0 aromatic heterocycles. The van der Waals surface area contributed by atoms with E-state index in [1.807, 2.05) is 12.1 Å². The lowest BCUT2D eigenvalue weighted by molar-refractivity contribution is 0.105. The van der Waals surface area contributed by atoms with Gasteiger partial charge >= 0.3 is 0 Å². The summed E-state index contributed by atoms with van der Waals surface area (Å²) in [6, 6.07) is 8.07. The lowest BCUT2D eigenvalue weighted by Crippen LogP contribution is -2.34. The van der Waals surface area contributed by atoms with E-state index >= 15 is 0 Å². The number of aliphatic hydroxyl groups excluding tert-OH is 1. The van der Waals surface area contributed by atoms with E-state index in [9.17, 15) is 5.11 Å². The third-order valence-corrected chi connectivity index (χ3v) is 4.05. The van der Waals surface area contributed by atoms with Crippen LogP contribution in [0.4, 0.5) is 0 Å². The fraction of sp³-hybridized carbons (Fsp3) is 0.647. The zero-order valence-corrected chi connectivity index (χ0v) is 12.6. The molecule has 20 heavy (non-hydrogen) atoms.